The van der Waals surface area contributed by atoms with Crippen LogP contribution in [0.25, 0.3) is 0 Å². The fourth-order valence-corrected chi connectivity index (χ4v) is 10.2. The Balaban J connectivity index is 1.22. The van der Waals surface area contributed by atoms with Crippen molar-refractivity contribution >= 4 is 64.2 Å². The van der Waals surface area contributed by atoms with Crippen LogP contribution < -0.4 is 19.8 Å². The van der Waals surface area contributed by atoms with Crippen LogP contribution in [0, 0.1) is 29.6 Å². The number of hydrazine groups is 1. The summed E-state index contributed by atoms with van der Waals surface area (Å²) in [7, 11) is 1.52. The van der Waals surface area contributed by atoms with E-state index in [2.05, 4.69) is 5.43 Å². The highest BCUT2D eigenvalue weighted by Gasteiger charge is 2.71. The lowest BCUT2D eigenvalue weighted by molar-refractivity contribution is -0.139. The maximum Gasteiger partial charge on any atom is 0.339 e. The number of phenolic OH excluding ortho intramolecular Hbond substituents is 1. The molecule has 2 saturated heterocycles. The van der Waals surface area contributed by atoms with Gasteiger partial charge in [0.15, 0.2) is 0 Å². The Kier molecular flexibility index (Phi) is 8.79. The molecule has 3 aliphatic heterocycles. The van der Waals surface area contributed by atoms with Gasteiger partial charge in [-0.15, -0.1) is 0 Å². The lowest BCUT2D eigenvalue weighted by Crippen LogP contribution is -2.55. The minimum Gasteiger partial charge on any atom is -0.508 e. The van der Waals surface area contributed by atoms with Crippen molar-refractivity contribution in [1.82, 2.24) is 5.01 Å². The first kappa shape index (κ1) is 37.3. The standard InChI is InChI=1S/C43H33Cl2N3O10/c1-57-26-7-2-22(3-8-26)43-31(39(52)48(42(43)56)46-33-12-4-23(44)16-32(33)45)18-30-27(37(43)21-14-20-15-25(49)6-13-35(20)58-19-21)10-11-29-36(30)40(53)47(38(29)51)24-5-9-28(41(54)55)34(50)17-24/h2-10,12-13,15-17,19,29-31,36-37,46,49-50H,11,14,18H2,1H3,(H,54,55)/t29-,30+,31-,36-,37-,43+/m0/s1. The summed E-state index contributed by atoms with van der Waals surface area (Å²) in [6, 6.07) is 19.7. The Bertz CT molecular complexity index is 2560. The molecule has 13 nitrogen and oxygen atoms in total. The molecule has 4 aromatic rings. The van der Waals surface area contributed by atoms with Gasteiger partial charge in [0.1, 0.15) is 28.6 Å². The van der Waals surface area contributed by atoms with Crippen LogP contribution in [-0.2, 0) is 31.0 Å². The van der Waals surface area contributed by atoms with Gasteiger partial charge < -0.3 is 24.8 Å². The molecule has 294 valence electrons. The first-order chi connectivity index (χ1) is 27.8. The minimum absolute atomic E-state index is 0.00575. The van der Waals surface area contributed by atoms with Gasteiger partial charge in [0.05, 0.1) is 52.9 Å². The van der Waals surface area contributed by atoms with E-state index in [1.165, 1.54) is 25.3 Å². The van der Waals surface area contributed by atoms with Gasteiger partial charge in [-0.1, -0.05) is 47.0 Å². The molecule has 0 spiro atoms. The average molecular weight is 823 g/mol. The van der Waals surface area contributed by atoms with E-state index in [4.69, 9.17) is 32.7 Å². The van der Waals surface area contributed by atoms with Crippen molar-refractivity contribution < 1.29 is 48.8 Å². The van der Waals surface area contributed by atoms with Crippen LogP contribution in [0.3, 0.4) is 0 Å². The molecule has 0 unspecified atom stereocenters. The number of imide groups is 2. The first-order valence-electron chi connectivity index (χ1n) is 18.4. The van der Waals surface area contributed by atoms with Crippen LogP contribution in [0.1, 0.15) is 34.3 Å². The summed E-state index contributed by atoms with van der Waals surface area (Å²) in [6.07, 6.45) is 3.77. The molecule has 15 heteroatoms. The summed E-state index contributed by atoms with van der Waals surface area (Å²) in [6.45, 7) is 0. The van der Waals surface area contributed by atoms with E-state index in [1.807, 2.05) is 6.08 Å². The second-order valence-electron chi connectivity index (χ2n) is 15.0. The number of ether oxygens (including phenoxy) is 2. The van der Waals surface area contributed by atoms with Crippen molar-refractivity contribution in [3.05, 3.63) is 129 Å². The van der Waals surface area contributed by atoms with E-state index >= 15 is 9.59 Å². The molecular weight excluding hydrogens is 789 g/mol. The number of carbonyl (C=O) groups excluding carboxylic acids is 4. The molecule has 1 saturated carbocycles. The number of anilines is 2. The predicted octanol–water partition coefficient (Wildman–Crippen LogP) is 6.65. The molecule has 0 radical (unpaired) electrons. The van der Waals surface area contributed by atoms with Crippen molar-refractivity contribution in [2.75, 3.05) is 17.4 Å². The van der Waals surface area contributed by atoms with Crippen LogP contribution in [-0.4, -0.2) is 57.0 Å². The smallest absolute Gasteiger partial charge is 0.339 e. The zero-order valence-corrected chi connectivity index (χ0v) is 32.0. The molecule has 4 amide bonds. The third-order valence-electron chi connectivity index (χ3n) is 12.2. The summed E-state index contributed by atoms with van der Waals surface area (Å²) in [5, 5.41) is 31.9. The lowest BCUT2D eigenvalue weighted by Gasteiger charge is -2.51. The van der Waals surface area contributed by atoms with Crippen molar-refractivity contribution in [2.45, 2.75) is 24.7 Å². The van der Waals surface area contributed by atoms with Gasteiger partial charge in [0, 0.05) is 29.0 Å². The molecular formula is C43H33Cl2N3O10. The second kappa shape index (κ2) is 13.7. The van der Waals surface area contributed by atoms with Gasteiger partial charge in [0.25, 0.3) is 11.8 Å². The van der Waals surface area contributed by atoms with Gasteiger partial charge in [-0.2, -0.15) is 5.01 Å². The topological polar surface area (TPSA) is 183 Å². The largest absolute Gasteiger partial charge is 0.508 e. The zero-order chi connectivity index (χ0) is 40.8. The molecule has 0 aromatic heterocycles. The van der Waals surface area contributed by atoms with Crippen molar-refractivity contribution in [1.29, 1.82) is 0 Å². The fourth-order valence-electron chi connectivity index (χ4n) is 9.75. The fraction of sp³-hybridized carbons (Fsp3) is 0.233. The van der Waals surface area contributed by atoms with Gasteiger partial charge in [-0.25, -0.2) is 9.69 Å². The van der Waals surface area contributed by atoms with Crippen molar-refractivity contribution in [3.63, 3.8) is 0 Å². The van der Waals surface area contributed by atoms with Gasteiger partial charge in [0.2, 0.25) is 11.8 Å². The van der Waals surface area contributed by atoms with Gasteiger partial charge in [-0.3, -0.25) is 24.6 Å². The lowest BCUT2D eigenvalue weighted by atomic mass is 9.48. The maximum atomic E-state index is 15.5. The second-order valence-corrected chi connectivity index (χ2v) is 15.9. The number of fused-ring (bicyclic) bond motifs is 5. The van der Waals surface area contributed by atoms with Gasteiger partial charge >= 0.3 is 5.97 Å². The number of allylic oxidation sites excluding steroid dienone is 3. The normalized spacial score (nSPS) is 25.9. The van der Waals surface area contributed by atoms with Crippen LogP contribution in [0.15, 0.2) is 102 Å². The molecule has 3 fully saturated rings. The number of nitrogens with zero attached hydrogens (tertiary/aromatic N) is 2. The first-order valence-corrected chi connectivity index (χ1v) is 19.1. The van der Waals surface area contributed by atoms with Crippen LogP contribution in [0.2, 0.25) is 10.0 Å². The van der Waals surface area contributed by atoms with Crippen molar-refractivity contribution in [3.8, 4) is 23.0 Å². The number of carboxylic acids is 1. The van der Waals surface area contributed by atoms with E-state index < -0.39 is 75.9 Å². The number of carbonyl (C=O) groups is 5. The Morgan fingerprint density at radius 1 is 0.914 bits per heavy atom. The number of hydrogen-bond donors (Lipinski definition) is 4. The number of rotatable bonds is 7. The SMILES string of the molecule is COc1ccc([C@@]23C(=O)N(Nc4ccc(Cl)cc4Cl)C(=O)[C@@H]2C[C@@H]2C(=CC[C@@H]4C(=O)N(c5ccc(C(=O)O)c(O)c5)C(=O)[C@@H]42)[C@@H]3C2=COc3ccc(O)cc3C2)cc1. The number of aromatic carboxylic acids is 1. The number of nitrogens with one attached hydrogen (secondary N) is 1. The number of amides is 4. The van der Waals surface area contributed by atoms with Gasteiger partial charge in [-0.05, 0) is 90.6 Å². The highest BCUT2D eigenvalue weighted by atomic mass is 35.5. The summed E-state index contributed by atoms with van der Waals surface area (Å²) >= 11 is 12.7. The Morgan fingerprint density at radius 2 is 1.69 bits per heavy atom. The average Bonchev–Trinajstić information content (AvgIpc) is 3.58. The number of methoxy groups -OCH3 is 1. The number of halogens is 2. The number of hydrogen-bond acceptors (Lipinski definition) is 10. The number of benzene rings is 4. The minimum atomic E-state index is -1.63. The third kappa shape index (κ3) is 5.47. The molecule has 9 rings (SSSR count). The Morgan fingerprint density at radius 3 is 2.40 bits per heavy atom. The highest BCUT2D eigenvalue weighted by molar-refractivity contribution is 6.36. The summed E-state index contributed by atoms with van der Waals surface area (Å²) in [5.41, 5.74) is 3.62. The maximum absolute atomic E-state index is 15.5. The zero-order valence-electron chi connectivity index (χ0n) is 30.5. The number of phenols is 2. The van der Waals surface area contributed by atoms with Crippen LogP contribution >= 0.6 is 23.2 Å². The number of carboxylic acid groups (broad SMARTS) is 1. The highest BCUT2D eigenvalue weighted by Crippen LogP contribution is 2.63. The van der Waals surface area contributed by atoms with Crippen molar-refractivity contribution in [2.24, 2.45) is 29.6 Å². The van der Waals surface area contributed by atoms with E-state index in [0.717, 1.165) is 22.0 Å². The molecule has 4 aromatic carbocycles. The third-order valence-corrected chi connectivity index (χ3v) is 12.7. The quantitative estimate of drug-likeness (QED) is 0.116. The summed E-state index contributed by atoms with van der Waals surface area (Å²) in [4.78, 5) is 72.0. The van der Waals surface area contributed by atoms with E-state index in [-0.39, 0.29) is 41.4 Å². The summed E-state index contributed by atoms with van der Waals surface area (Å²) in [5.74, 6) is -7.79. The van der Waals surface area contributed by atoms with E-state index in [1.54, 1.807) is 54.8 Å². The molecule has 5 aliphatic rings. The molecule has 0 bridgehead atoms. The van der Waals surface area contributed by atoms with Crippen LogP contribution in [0.5, 0.6) is 23.0 Å². The molecule has 4 N–H and O–H groups in total. The Hall–Kier alpha value is -6.31. The monoisotopic (exact) mass is 821 g/mol. The molecule has 6 atom stereocenters. The Labute approximate surface area is 340 Å². The van der Waals surface area contributed by atoms with E-state index in [9.17, 15) is 29.7 Å². The molecule has 3 heterocycles. The molecule has 2 aliphatic carbocycles. The molecule has 58 heavy (non-hydrogen) atoms. The summed E-state index contributed by atoms with van der Waals surface area (Å²) < 4.78 is 11.6. The predicted molar refractivity (Wildman–Crippen MR) is 209 cm³/mol. The van der Waals surface area contributed by atoms with E-state index in [0.29, 0.717) is 38.8 Å². The van der Waals surface area contributed by atoms with Crippen LogP contribution in [0.4, 0.5) is 11.4 Å². The number of aromatic hydroxyl groups is 2.